The van der Waals surface area contributed by atoms with E-state index in [-0.39, 0.29) is 24.8 Å². The molecule has 2 aliphatic rings. The van der Waals surface area contributed by atoms with Crippen LogP contribution in [0.1, 0.15) is 26.7 Å². The molecule has 2 aliphatic carbocycles. The van der Waals surface area contributed by atoms with Crippen molar-refractivity contribution in [1.82, 2.24) is 0 Å². The zero-order chi connectivity index (χ0) is 10.8. The molecule has 16 heavy (non-hydrogen) atoms. The monoisotopic (exact) mass is 334 g/mol. The molecule has 0 heterocycles. The Kier molecular flexibility index (Phi) is 20.6. The normalized spacial score (nSPS) is 14.2. The third kappa shape index (κ3) is 12.4. The first-order valence-corrected chi connectivity index (χ1v) is 6.35. The van der Waals surface area contributed by atoms with E-state index < -0.39 is 0 Å². The van der Waals surface area contributed by atoms with Crippen LogP contribution in [-0.2, 0) is 24.2 Å². The minimum absolute atomic E-state index is 0. The van der Waals surface area contributed by atoms with E-state index >= 15 is 0 Å². The topological polar surface area (TPSA) is 0 Å². The summed E-state index contributed by atoms with van der Waals surface area (Å²) in [5.74, 6) is 0. The summed E-state index contributed by atoms with van der Waals surface area (Å²) >= 11 is 1.30. The van der Waals surface area contributed by atoms with Crippen LogP contribution in [0.2, 0.25) is 0 Å². The third-order valence-corrected chi connectivity index (χ3v) is 1.74. The molecule has 0 aromatic carbocycles. The van der Waals surface area contributed by atoms with Crippen LogP contribution >= 0.6 is 24.8 Å². The Bertz CT molecular complexity index is 242. The molecule has 0 spiro atoms. The summed E-state index contributed by atoms with van der Waals surface area (Å²) in [6.07, 6.45) is 16.5. The predicted molar refractivity (Wildman–Crippen MR) is 74.0 cm³/mol. The van der Waals surface area contributed by atoms with Crippen molar-refractivity contribution in [2.45, 2.75) is 26.7 Å². The number of rotatable bonds is 0. The van der Waals surface area contributed by atoms with E-state index in [0.717, 1.165) is 12.8 Å². The fourth-order valence-corrected chi connectivity index (χ4v) is 0.998. The molecular formula is C13H18Cl2Zr. The summed E-state index contributed by atoms with van der Waals surface area (Å²) in [4.78, 5) is 0. The van der Waals surface area contributed by atoms with Crippen LogP contribution in [0.3, 0.4) is 0 Å². The zero-order valence-electron chi connectivity index (χ0n) is 9.75. The van der Waals surface area contributed by atoms with Gasteiger partial charge in [0.2, 0.25) is 0 Å². The van der Waals surface area contributed by atoms with Crippen LogP contribution in [-0.4, -0.2) is 4.21 Å². The van der Waals surface area contributed by atoms with Crippen LogP contribution in [0.5, 0.6) is 0 Å². The molecule has 0 fully saturated rings. The Morgan fingerprint density at radius 3 is 1.31 bits per heavy atom. The summed E-state index contributed by atoms with van der Waals surface area (Å²) in [5, 5.41) is 0. The van der Waals surface area contributed by atoms with E-state index in [9.17, 15) is 0 Å². The Labute approximate surface area is 127 Å². The summed E-state index contributed by atoms with van der Waals surface area (Å²) in [5.41, 5.74) is 2.69. The quantitative estimate of drug-likeness (QED) is 0.582. The second-order valence-electron chi connectivity index (χ2n) is 3.00. The van der Waals surface area contributed by atoms with E-state index in [1.54, 1.807) is 0 Å². The third-order valence-electron chi connectivity index (χ3n) is 1.74. The van der Waals surface area contributed by atoms with E-state index in [1.807, 2.05) is 12.2 Å². The number of allylic oxidation sites excluding steroid dienone is 8. The molecule has 0 atom stereocenters. The molecule has 0 radical (unpaired) electrons. The molecule has 2 rings (SSSR count). The van der Waals surface area contributed by atoms with Gasteiger partial charge >= 0.3 is 28.4 Å². The maximum atomic E-state index is 3.34. The Morgan fingerprint density at radius 1 is 0.938 bits per heavy atom. The van der Waals surface area contributed by atoms with E-state index in [4.69, 9.17) is 0 Å². The van der Waals surface area contributed by atoms with Crippen LogP contribution in [0.4, 0.5) is 0 Å². The fraction of sp³-hybridized carbons (Fsp3) is 0.308. The van der Waals surface area contributed by atoms with Crippen LogP contribution in [0.15, 0.2) is 35.5 Å². The molecule has 0 nitrogen and oxygen atoms in total. The second-order valence-corrected chi connectivity index (χ2v) is 3.00. The number of hydrogen-bond donors (Lipinski definition) is 0. The van der Waals surface area contributed by atoms with E-state index in [0.29, 0.717) is 0 Å². The van der Waals surface area contributed by atoms with Gasteiger partial charge in [0, 0.05) is 0 Å². The molecule has 0 unspecified atom stereocenters. The zero-order valence-corrected chi connectivity index (χ0v) is 13.8. The molecule has 0 saturated heterocycles. The van der Waals surface area contributed by atoms with Crippen molar-refractivity contribution in [3.8, 4) is 0 Å². The van der Waals surface area contributed by atoms with Crippen molar-refractivity contribution < 1.29 is 24.2 Å². The molecule has 0 aromatic rings. The molecular weight excluding hydrogens is 318 g/mol. The van der Waals surface area contributed by atoms with Gasteiger partial charge < -0.3 is 0 Å². The van der Waals surface area contributed by atoms with Gasteiger partial charge in [0.1, 0.15) is 0 Å². The van der Waals surface area contributed by atoms with Crippen molar-refractivity contribution in [3.63, 3.8) is 0 Å². The van der Waals surface area contributed by atoms with Crippen LogP contribution in [0.25, 0.3) is 0 Å². The Morgan fingerprint density at radius 2 is 1.25 bits per heavy atom. The number of hydrogen-bond acceptors (Lipinski definition) is 0. The molecule has 0 amide bonds. The van der Waals surface area contributed by atoms with Gasteiger partial charge in [-0.2, -0.15) is 12.2 Å². The second kappa shape index (κ2) is 15.3. The van der Waals surface area contributed by atoms with Crippen molar-refractivity contribution in [2.75, 3.05) is 0 Å². The van der Waals surface area contributed by atoms with E-state index in [2.05, 4.69) is 42.4 Å². The first kappa shape index (κ1) is 21.6. The Balaban J connectivity index is -0.000000165. The van der Waals surface area contributed by atoms with Crippen LogP contribution < -0.4 is 0 Å². The van der Waals surface area contributed by atoms with Gasteiger partial charge in [-0.25, -0.2) is 23.3 Å². The van der Waals surface area contributed by atoms with Gasteiger partial charge in [-0.15, -0.1) is 51.5 Å². The summed E-state index contributed by atoms with van der Waals surface area (Å²) < 4.78 is 3.34. The number of halogens is 2. The predicted octanol–water partition coefficient (Wildman–Crippen LogP) is 4.20. The molecule has 0 bridgehead atoms. The van der Waals surface area contributed by atoms with Gasteiger partial charge in [0.15, 0.2) is 0 Å². The Hall–Kier alpha value is 0.293. The SMILES string of the molecule is CC1=CC[C-]=C1.CC1=CC[C-]=C1.Cl.Cl.[CH2]=[Zr+2]. The fourth-order valence-electron chi connectivity index (χ4n) is 0.998. The van der Waals surface area contributed by atoms with Crippen molar-refractivity contribution in [3.05, 3.63) is 47.6 Å². The summed E-state index contributed by atoms with van der Waals surface area (Å²) in [6, 6.07) is 0. The minimum atomic E-state index is 0. The van der Waals surface area contributed by atoms with Crippen LogP contribution in [0, 0.1) is 12.2 Å². The van der Waals surface area contributed by atoms with Gasteiger partial charge in [-0.1, -0.05) is 0 Å². The first-order valence-electron chi connectivity index (χ1n) is 4.61. The average Bonchev–Trinajstić information content (AvgIpc) is 2.83. The molecule has 0 aliphatic heterocycles. The van der Waals surface area contributed by atoms with Gasteiger partial charge in [-0.05, 0) is 0 Å². The van der Waals surface area contributed by atoms with E-state index in [1.165, 1.54) is 35.4 Å². The molecule has 0 N–H and O–H groups in total. The molecule has 0 aromatic heterocycles. The summed E-state index contributed by atoms with van der Waals surface area (Å²) in [7, 11) is 0. The first-order chi connectivity index (χ1) is 6.79. The standard InChI is InChI=1S/2C6H7.CH2.2ClH.Zr/c2*1-6-4-2-3-5-6;;;;/h2*4-5H,2H2,1H3;1H2;2*1H;/q2*-1;;;;+2. The maximum absolute atomic E-state index is 3.34. The molecule has 0 saturated carbocycles. The summed E-state index contributed by atoms with van der Waals surface area (Å²) in [6.45, 7) is 4.17. The van der Waals surface area contributed by atoms with Gasteiger partial charge in [0.05, 0.1) is 0 Å². The van der Waals surface area contributed by atoms with Crippen molar-refractivity contribution in [1.29, 1.82) is 0 Å². The van der Waals surface area contributed by atoms with Gasteiger partial charge in [0.25, 0.3) is 0 Å². The van der Waals surface area contributed by atoms with Gasteiger partial charge in [-0.3, -0.25) is 12.2 Å². The average molecular weight is 336 g/mol. The molecule has 3 heteroatoms. The molecule has 88 valence electrons. The van der Waals surface area contributed by atoms with Crippen molar-refractivity contribution in [2.24, 2.45) is 0 Å². The van der Waals surface area contributed by atoms with Crippen molar-refractivity contribution >= 4 is 29.0 Å².